The predicted octanol–water partition coefficient (Wildman–Crippen LogP) is 3.41. The topological polar surface area (TPSA) is 58.2 Å². The van der Waals surface area contributed by atoms with Crippen LogP contribution in [0.25, 0.3) is 6.08 Å². The maximum absolute atomic E-state index is 12.0. The Balaban J connectivity index is 1.71. The first-order valence-corrected chi connectivity index (χ1v) is 7.65. The van der Waals surface area contributed by atoms with Crippen molar-refractivity contribution < 1.29 is 9.21 Å². The quantitative estimate of drug-likeness (QED) is 0.642. The molecule has 110 valence electrons. The van der Waals surface area contributed by atoms with Crippen LogP contribution in [0.2, 0.25) is 0 Å². The van der Waals surface area contributed by atoms with Crippen molar-refractivity contribution >= 4 is 40.8 Å². The molecule has 0 N–H and O–H groups in total. The molecule has 1 aliphatic rings. The number of rotatable bonds is 4. The van der Waals surface area contributed by atoms with Crippen molar-refractivity contribution in [3.63, 3.8) is 0 Å². The summed E-state index contributed by atoms with van der Waals surface area (Å²) in [4.78, 5) is 13.6. The van der Waals surface area contributed by atoms with Crippen LogP contribution in [0.15, 0.2) is 69.4 Å². The van der Waals surface area contributed by atoms with Gasteiger partial charge in [-0.3, -0.25) is 9.69 Å². The van der Waals surface area contributed by atoms with Gasteiger partial charge >= 0.3 is 0 Å². The van der Waals surface area contributed by atoms with Crippen molar-refractivity contribution in [2.75, 3.05) is 10.7 Å². The molecular weight excluding hydrogens is 298 g/mol. The Bertz CT molecular complexity index is 721. The lowest BCUT2D eigenvalue weighted by molar-refractivity contribution is -0.115. The molecule has 22 heavy (non-hydrogen) atoms. The zero-order chi connectivity index (χ0) is 15.2. The number of amides is 1. The Kier molecular flexibility index (Phi) is 4.50. The van der Waals surface area contributed by atoms with Gasteiger partial charge in [-0.25, -0.2) is 0 Å². The number of para-hydroxylation sites is 1. The van der Waals surface area contributed by atoms with E-state index in [0.29, 0.717) is 10.9 Å². The summed E-state index contributed by atoms with van der Waals surface area (Å²) in [5.41, 5.74) is 0.803. The van der Waals surface area contributed by atoms with E-state index in [1.807, 2.05) is 42.5 Å². The molecule has 0 spiro atoms. The lowest BCUT2D eigenvalue weighted by Gasteiger charge is -2.14. The molecule has 0 unspecified atom stereocenters. The van der Waals surface area contributed by atoms with Gasteiger partial charge in [-0.15, -0.1) is 5.10 Å². The SMILES string of the molecule is O=C1CS\C(=N/N=C/C=C/c2ccco2)N1c1ccccc1. The molecule has 1 saturated heterocycles. The Morgan fingerprint density at radius 2 is 2.05 bits per heavy atom. The van der Waals surface area contributed by atoms with E-state index in [1.165, 1.54) is 11.8 Å². The van der Waals surface area contributed by atoms with Gasteiger partial charge in [0.05, 0.1) is 17.7 Å². The summed E-state index contributed by atoms with van der Waals surface area (Å²) in [6.07, 6.45) is 6.68. The van der Waals surface area contributed by atoms with Crippen molar-refractivity contribution in [2.45, 2.75) is 0 Å². The lowest BCUT2D eigenvalue weighted by Crippen LogP contribution is -2.28. The zero-order valence-corrected chi connectivity index (χ0v) is 12.4. The summed E-state index contributed by atoms with van der Waals surface area (Å²) in [5, 5.41) is 8.69. The summed E-state index contributed by atoms with van der Waals surface area (Å²) in [6.45, 7) is 0. The van der Waals surface area contributed by atoms with Gasteiger partial charge in [0, 0.05) is 6.21 Å². The highest BCUT2D eigenvalue weighted by molar-refractivity contribution is 8.15. The molecule has 1 aromatic carbocycles. The van der Waals surface area contributed by atoms with E-state index in [1.54, 1.807) is 29.5 Å². The van der Waals surface area contributed by atoms with E-state index in [0.717, 1.165) is 11.4 Å². The average molecular weight is 311 g/mol. The molecule has 0 atom stereocenters. The third-order valence-corrected chi connectivity index (χ3v) is 3.79. The first-order valence-electron chi connectivity index (χ1n) is 6.66. The fourth-order valence-electron chi connectivity index (χ4n) is 1.91. The summed E-state index contributed by atoms with van der Waals surface area (Å²) in [5.74, 6) is 1.14. The highest BCUT2D eigenvalue weighted by Gasteiger charge is 2.29. The minimum Gasteiger partial charge on any atom is -0.465 e. The van der Waals surface area contributed by atoms with E-state index in [4.69, 9.17) is 4.42 Å². The van der Waals surface area contributed by atoms with Gasteiger partial charge in [0.25, 0.3) is 0 Å². The normalized spacial score (nSPS) is 17.4. The second kappa shape index (κ2) is 6.91. The predicted molar refractivity (Wildman–Crippen MR) is 90.1 cm³/mol. The first-order chi connectivity index (χ1) is 10.8. The van der Waals surface area contributed by atoms with Crippen LogP contribution < -0.4 is 4.90 Å². The van der Waals surface area contributed by atoms with Crippen LogP contribution in [0.1, 0.15) is 5.76 Å². The number of hydrogen-bond donors (Lipinski definition) is 0. The Hall–Kier alpha value is -2.60. The molecule has 1 amide bonds. The Morgan fingerprint density at radius 3 is 2.82 bits per heavy atom. The third-order valence-electron chi connectivity index (χ3n) is 2.88. The molecule has 0 aliphatic carbocycles. The first kappa shape index (κ1) is 14.3. The van der Waals surface area contributed by atoms with Crippen LogP contribution >= 0.6 is 11.8 Å². The van der Waals surface area contributed by atoms with Crippen LogP contribution in [0.5, 0.6) is 0 Å². The number of carbonyl (C=O) groups excluding carboxylic acids is 1. The molecule has 1 aliphatic heterocycles. The minimum absolute atomic E-state index is 0.0104. The van der Waals surface area contributed by atoms with Crippen LogP contribution in [0.4, 0.5) is 5.69 Å². The van der Waals surface area contributed by atoms with E-state index < -0.39 is 0 Å². The van der Waals surface area contributed by atoms with Crippen LogP contribution in [-0.4, -0.2) is 23.0 Å². The van der Waals surface area contributed by atoms with Crippen molar-refractivity contribution in [2.24, 2.45) is 10.2 Å². The number of amidine groups is 1. The zero-order valence-electron chi connectivity index (χ0n) is 11.6. The summed E-state index contributed by atoms with van der Waals surface area (Å²) >= 11 is 1.38. The highest BCUT2D eigenvalue weighted by atomic mass is 32.2. The molecule has 5 nitrogen and oxygen atoms in total. The number of thioether (sulfide) groups is 1. The summed E-state index contributed by atoms with van der Waals surface area (Å²) in [7, 11) is 0. The number of nitrogens with zero attached hydrogens (tertiary/aromatic N) is 3. The van der Waals surface area contributed by atoms with Crippen LogP contribution in [0, 0.1) is 0 Å². The Morgan fingerprint density at radius 1 is 1.18 bits per heavy atom. The van der Waals surface area contributed by atoms with E-state index >= 15 is 0 Å². The largest absolute Gasteiger partial charge is 0.465 e. The minimum atomic E-state index is 0.0104. The monoisotopic (exact) mass is 311 g/mol. The summed E-state index contributed by atoms with van der Waals surface area (Å²) in [6, 6.07) is 13.1. The van der Waals surface area contributed by atoms with Crippen molar-refractivity contribution in [1.82, 2.24) is 0 Å². The van der Waals surface area contributed by atoms with Crippen molar-refractivity contribution in [3.05, 3.63) is 60.6 Å². The van der Waals surface area contributed by atoms with Crippen LogP contribution in [0.3, 0.4) is 0 Å². The van der Waals surface area contributed by atoms with Gasteiger partial charge < -0.3 is 4.42 Å². The standard InChI is InChI=1S/C16H13N3O2S/c20-15-12-22-16(19(15)13-6-2-1-3-7-13)18-17-10-4-8-14-9-5-11-21-14/h1-11H,12H2/b8-4+,17-10+,18-16-. The number of anilines is 1. The lowest BCUT2D eigenvalue weighted by atomic mass is 10.3. The van der Waals surface area contributed by atoms with E-state index in [-0.39, 0.29) is 5.91 Å². The molecule has 6 heteroatoms. The number of hydrogen-bond acceptors (Lipinski definition) is 5. The molecule has 2 aromatic rings. The second-order valence-electron chi connectivity index (χ2n) is 4.38. The molecule has 2 heterocycles. The summed E-state index contributed by atoms with van der Waals surface area (Å²) < 4.78 is 5.16. The fourth-order valence-corrected chi connectivity index (χ4v) is 2.74. The molecule has 3 rings (SSSR count). The van der Waals surface area contributed by atoms with Gasteiger partial charge in [0.15, 0.2) is 5.17 Å². The average Bonchev–Trinajstić information content (AvgIpc) is 3.18. The van der Waals surface area contributed by atoms with Crippen molar-refractivity contribution in [3.8, 4) is 0 Å². The van der Waals surface area contributed by atoms with E-state index in [9.17, 15) is 4.79 Å². The number of furan rings is 1. The third kappa shape index (κ3) is 3.35. The molecule has 1 fully saturated rings. The fraction of sp³-hybridized carbons (Fsp3) is 0.0625. The molecule has 0 saturated carbocycles. The molecule has 0 bridgehead atoms. The number of benzene rings is 1. The van der Waals surface area contributed by atoms with Crippen molar-refractivity contribution in [1.29, 1.82) is 0 Å². The number of carbonyl (C=O) groups is 1. The van der Waals surface area contributed by atoms with Gasteiger partial charge in [-0.1, -0.05) is 30.0 Å². The second-order valence-corrected chi connectivity index (χ2v) is 5.32. The van der Waals surface area contributed by atoms with Crippen LogP contribution in [-0.2, 0) is 4.79 Å². The molecular formula is C16H13N3O2S. The maximum Gasteiger partial charge on any atom is 0.243 e. The van der Waals surface area contributed by atoms with Gasteiger partial charge in [-0.2, -0.15) is 5.10 Å². The van der Waals surface area contributed by atoms with Gasteiger partial charge in [0.1, 0.15) is 5.76 Å². The van der Waals surface area contributed by atoms with E-state index in [2.05, 4.69) is 10.2 Å². The number of allylic oxidation sites excluding steroid dienone is 1. The maximum atomic E-state index is 12.0. The highest BCUT2D eigenvalue weighted by Crippen LogP contribution is 2.26. The molecule has 1 aromatic heterocycles. The van der Waals surface area contributed by atoms with Gasteiger partial charge in [0.2, 0.25) is 5.91 Å². The smallest absolute Gasteiger partial charge is 0.243 e. The van der Waals surface area contributed by atoms with Gasteiger partial charge in [-0.05, 0) is 36.4 Å². The Labute approximate surface area is 132 Å². The molecule has 0 radical (unpaired) electrons.